The fraction of sp³-hybridized carbons (Fsp3) is 0.263. The zero-order chi connectivity index (χ0) is 21.0. The lowest BCUT2D eigenvalue weighted by molar-refractivity contribution is -0.129. The summed E-state index contributed by atoms with van der Waals surface area (Å²) < 4.78 is 11.1. The van der Waals surface area contributed by atoms with Crippen LogP contribution in [0.3, 0.4) is 0 Å². The van der Waals surface area contributed by atoms with E-state index in [1.807, 2.05) is 6.92 Å². The number of thioether (sulfide) groups is 1. The van der Waals surface area contributed by atoms with Gasteiger partial charge in [-0.2, -0.15) is 0 Å². The second-order valence-electron chi connectivity index (χ2n) is 5.93. The van der Waals surface area contributed by atoms with E-state index in [9.17, 15) is 14.4 Å². The van der Waals surface area contributed by atoms with Crippen molar-refractivity contribution in [3.05, 3.63) is 46.2 Å². The average molecular weight is 434 g/mol. The van der Waals surface area contributed by atoms with Crippen molar-refractivity contribution in [2.24, 2.45) is 5.10 Å². The first-order valence-electron chi connectivity index (χ1n) is 8.74. The summed E-state index contributed by atoms with van der Waals surface area (Å²) in [6.07, 6.45) is 0. The second-order valence-corrected chi connectivity index (χ2v) is 7.94. The summed E-state index contributed by atoms with van der Waals surface area (Å²) in [5, 5.41) is 9.72. The van der Waals surface area contributed by atoms with Gasteiger partial charge in [-0.15, -0.1) is 16.4 Å². The molecule has 10 heteroatoms. The molecular formula is C19H19N3O5S2. The van der Waals surface area contributed by atoms with Crippen LogP contribution in [0, 0.1) is 0 Å². The molecule has 2 heterocycles. The number of carbonyl (C=O) groups is 3. The molecule has 0 saturated carbocycles. The predicted molar refractivity (Wildman–Crippen MR) is 111 cm³/mol. The van der Waals surface area contributed by atoms with Gasteiger partial charge >= 0.3 is 5.97 Å². The van der Waals surface area contributed by atoms with Crippen LogP contribution in [0.25, 0.3) is 0 Å². The Kier molecular flexibility index (Phi) is 6.55. The summed E-state index contributed by atoms with van der Waals surface area (Å²) in [6, 6.07) is 8.53. The second kappa shape index (κ2) is 9.10. The number of carbonyl (C=O) groups excluding carboxylic acids is 3. The van der Waals surface area contributed by atoms with E-state index < -0.39 is 11.3 Å². The number of thiophene rings is 1. The monoisotopic (exact) mass is 433 g/mol. The Bertz CT molecular complexity index is 959. The maximum atomic E-state index is 12.3. The molecule has 1 N–H and O–H groups in total. The number of esters is 1. The molecule has 0 fully saturated rings. The van der Waals surface area contributed by atoms with Crippen molar-refractivity contribution in [2.45, 2.75) is 26.1 Å². The van der Waals surface area contributed by atoms with Crippen molar-refractivity contribution in [1.82, 2.24) is 10.3 Å². The minimum absolute atomic E-state index is 0.269. The standard InChI is InChI=1S/C19H19N3O5S2/c1-4-26-15-10-13(7-8-14(15)27-18(25)16-6-5-9-28-16)17-22(12(3)24)21-19(29-17)20-11(2)23/h5-10,17H,4H2,1-3H3,(H,20,21,23). The zero-order valence-corrected chi connectivity index (χ0v) is 17.6. The maximum Gasteiger partial charge on any atom is 0.353 e. The summed E-state index contributed by atoms with van der Waals surface area (Å²) in [5.41, 5.74) is 0.716. The van der Waals surface area contributed by atoms with Gasteiger partial charge in [-0.25, -0.2) is 9.80 Å². The summed E-state index contributed by atoms with van der Waals surface area (Å²) in [5.74, 6) is -0.341. The molecular weight excluding hydrogens is 414 g/mol. The van der Waals surface area contributed by atoms with Crippen LogP contribution in [0.1, 0.15) is 41.4 Å². The van der Waals surface area contributed by atoms with Gasteiger partial charge in [0.15, 0.2) is 16.7 Å². The highest BCUT2D eigenvalue weighted by Crippen LogP contribution is 2.41. The number of amidine groups is 1. The first kappa shape index (κ1) is 20.9. The molecule has 0 radical (unpaired) electrons. The van der Waals surface area contributed by atoms with E-state index in [-0.39, 0.29) is 17.6 Å². The topological polar surface area (TPSA) is 97.3 Å². The Morgan fingerprint density at radius 3 is 2.62 bits per heavy atom. The van der Waals surface area contributed by atoms with Crippen LogP contribution in [0.4, 0.5) is 0 Å². The lowest BCUT2D eigenvalue weighted by atomic mass is 10.2. The number of hydrogen-bond donors (Lipinski definition) is 1. The van der Waals surface area contributed by atoms with E-state index in [0.29, 0.717) is 28.0 Å². The van der Waals surface area contributed by atoms with Crippen LogP contribution in [-0.4, -0.2) is 34.6 Å². The summed E-state index contributed by atoms with van der Waals surface area (Å²) in [7, 11) is 0. The third kappa shape index (κ3) is 4.96. The van der Waals surface area contributed by atoms with Gasteiger partial charge in [0, 0.05) is 13.8 Å². The SMILES string of the molecule is CCOc1cc(C2SC(NC(C)=O)=NN2C(C)=O)ccc1OC(=O)c1cccs1. The smallest absolute Gasteiger partial charge is 0.353 e. The predicted octanol–water partition coefficient (Wildman–Crippen LogP) is 3.37. The molecule has 0 spiro atoms. The van der Waals surface area contributed by atoms with E-state index in [2.05, 4.69) is 10.4 Å². The molecule has 152 valence electrons. The first-order valence-corrected chi connectivity index (χ1v) is 10.5. The van der Waals surface area contributed by atoms with Crippen molar-refractivity contribution < 1.29 is 23.9 Å². The molecule has 1 aliphatic heterocycles. The number of rotatable bonds is 5. The third-order valence-corrected chi connectivity index (χ3v) is 5.68. The van der Waals surface area contributed by atoms with Crippen molar-refractivity contribution in [3.63, 3.8) is 0 Å². The Labute approximate surface area is 175 Å². The van der Waals surface area contributed by atoms with Gasteiger partial charge < -0.3 is 14.8 Å². The van der Waals surface area contributed by atoms with E-state index in [1.54, 1.807) is 35.7 Å². The number of amides is 2. The highest BCUT2D eigenvalue weighted by Gasteiger charge is 2.33. The van der Waals surface area contributed by atoms with Gasteiger partial charge in [-0.05, 0) is 36.1 Å². The fourth-order valence-electron chi connectivity index (χ4n) is 2.56. The minimum Gasteiger partial charge on any atom is -0.490 e. The Morgan fingerprint density at radius 2 is 2.00 bits per heavy atom. The lowest BCUT2D eigenvalue weighted by Crippen LogP contribution is -2.25. The van der Waals surface area contributed by atoms with Crippen LogP contribution in [0.15, 0.2) is 40.8 Å². The third-order valence-electron chi connectivity index (χ3n) is 3.73. The summed E-state index contributed by atoms with van der Waals surface area (Å²) in [6.45, 7) is 4.96. The molecule has 1 atom stereocenters. The largest absolute Gasteiger partial charge is 0.490 e. The van der Waals surface area contributed by atoms with Crippen molar-refractivity contribution in [1.29, 1.82) is 0 Å². The van der Waals surface area contributed by atoms with Crippen molar-refractivity contribution in [3.8, 4) is 11.5 Å². The van der Waals surface area contributed by atoms with Crippen molar-refractivity contribution >= 4 is 46.0 Å². The van der Waals surface area contributed by atoms with Gasteiger partial charge in [-0.3, -0.25) is 9.59 Å². The number of hydrazone groups is 1. The molecule has 2 amide bonds. The maximum absolute atomic E-state index is 12.3. The molecule has 29 heavy (non-hydrogen) atoms. The molecule has 0 saturated heterocycles. The summed E-state index contributed by atoms with van der Waals surface area (Å²) >= 11 is 2.52. The Hall–Kier alpha value is -2.85. The molecule has 1 unspecified atom stereocenters. The quantitative estimate of drug-likeness (QED) is 0.574. The van der Waals surface area contributed by atoms with E-state index in [4.69, 9.17) is 9.47 Å². The van der Waals surface area contributed by atoms with Crippen molar-refractivity contribution in [2.75, 3.05) is 6.61 Å². The van der Waals surface area contributed by atoms with Crippen LogP contribution in [-0.2, 0) is 9.59 Å². The Morgan fingerprint density at radius 1 is 1.21 bits per heavy atom. The molecule has 0 aliphatic carbocycles. The van der Waals surface area contributed by atoms with Crippen LogP contribution < -0.4 is 14.8 Å². The number of nitrogens with zero attached hydrogens (tertiary/aromatic N) is 2. The number of ether oxygens (including phenoxy) is 2. The van der Waals surface area contributed by atoms with Gasteiger partial charge in [0.05, 0.1) is 6.61 Å². The highest BCUT2D eigenvalue weighted by molar-refractivity contribution is 8.14. The molecule has 2 aromatic rings. The van der Waals surface area contributed by atoms with Gasteiger partial charge in [0.2, 0.25) is 11.8 Å². The highest BCUT2D eigenvalue weighted by atomic mass is 32.2. The fourth-order valence-corrected chi connectivity index (χ4v) is 4.28. The minimum atomic E-state index is -0.476. The van der Waals surface area contributed by atoms with E-state index in [1.165, 1.54) is 42.0 Å². The molecule has 1 aliphatic rings. The molecule has 0 bridgehead atoms. The van der Waals surface area contributed by atoms with Crippen LogP contribution in [0.2, 0.25) is 0 Å². The number of hydrogen-bond acceptors (Lipinski definition) is 8. The lowest BCUT2D eigenvalue weighted by Gasteiger charge is -2.20. The van der Waals surface area contributed by atoms with Crippen LogP contribution >= 0.6 is 23.1 Å². The molecule has 8 nitrogen and oxygen atoms in total. The molecule has 1 aromatic carbocycles. The summed E-state index contributed by atoms with van der Waals surface area (Å²) in [4.78, 5) is 36.1. The van der Waals surface area contributed by atoms with E-state index >= 15 is 0 Å². The van der Waals surface area contributed by atoms with Crippen LogP contribution in [0.5, 0.6) is 11.5 Å². The zero-order valence-electron chi connectivity index (χ0n) is 16.0. The molecule has 3 rings (SSSR count). The molecule has 1 aromatic heterocycles. The number of benzene rings is 1. The Balaban J connectivity index is 1.86. The first-order chi connectivity index (χ1) is 13.9. The number of nitrogens with one attached hydrogen (secondary N) is 1. The van der Waals surface area contributed by atoms with Gasteiger partial charge in [-0.1, -0.05) is 23.9 Å². The van der Waals surface area contributed by atoms with Gasteiger partial charge in [0.25, 0.3) is 0 Å². The van der Waals surface area contributed by atoms with E-state index in [0.717, 1.165) is 0 Å². The average Bonchev–Trinajstić information content (AvgIpc) is 3.33. The van der Waals surface area contributed by atoms with Gasteiger partial charge in [0.1, 0.15) is 10.3 Å². The normalized spacial score (nSPS) is 15.6.